The molecule has 0 amide bonds. The van der Waals surface area contributed by atoms with Crippen LogP contribution in [-0.2, 0) is 0 Å². The SMILES string of the molecule is CCC(C)c1cc(F)cc(F)c1. The highest BCUT2D eigenvalue weighted by molar-refractivity contribution is 5.21. The van der Waals surface area contributed by atoms with Gasteiger partial charge in [0.25, 0.3) is 0 Å². The van der Waals surface area contributed by atoms with Gasteiger partial charge < -0.3 is 0 Å². The van der Waals surface area contributed by atoms with Crippen LogP contribution in [0.25, 0.3) is 0 Å². The highest BCUT2D eigenvalue weighted by Crippen LogP contribution is 2.20. The lowest BCUT2D eigenvalue weighted by Crippen LogP contribution is -1.93. The van der Waals surface area contributed by atoms with Gasteiger partial charge in [-0.15, -0.1) is 0 Å². The predicted molar refractivity (Wildman–Crippen MR) is 45.1 cm³/mol. The molecule has 0 spiro atoms. The third-order valence-corrected chi connectivity index (χ3v) is 2.07. The normalized spacial score (nSPS) is 13.0. The van der Waals surface area contributed by atoms with Gasteiger partial charge in [0.05, 0.1) is 0 Å². The largest absolute Gasteiger partial charge is 0.207 e. The van der Waals surface area contributed by atoms with E-state index in [0.717, 1.165) is 18.1 Å². The minimum Gasteiger partial charge on any atom is -0.207 e. The van der Waals surface area contributed by atoms with Gasteiger partial charge in [0, 0.05) is 6.07 Å². The van der Waals surface area contributed by atoms with E-state index in [1.54, 1.807) is 0 Å². The van der Waals surface area contributed by atoms with Crippen molar-refractivity contribution < 1.29 is 8.78 Å². The lowest BCUT2D eigenvalue weighted by Gasteiger charge is -2.08. The summed E-state index contributed by atoms with van der Waals surface area (Å²) in [4.78, 5) is 0. The molecule has 0 N–H and O–H groups in total. The summed E-state index contributed by atoms with van der Waals surface area (Å²) in [5, 5.41) is 0. The highest BCUT2D eigenvalue weighted by atomic mass is 19.1. The minimum absolute atomic E-state index is 0.218. The van der Waals surface area contributed by atoms with Crippen LogP contribution in [0.4, 0.5) is 8.78 Å². The van der Waals surface area contributed by atoms with Crippen LogP contribution in [0.1, 0.15) is 31.7 Å². The van der Waals surface area contributed by atoms with Crippen LogP contribution in [0.2, 0.25) is 0 Å². The monoisotopic (exact) mass is 170 g/mol. The molecule has 1 aromatic carbocycles. The van der Waals surface area contributed by atoms with E-state index in [0.29, 0.717) is 0 Å². The van der Waals surface area contributed by atoms with Crippen molar-refractivity contribution in [3.8, 4) is 0 Å². The maximum absolute atomic E-state index is 12.7. The topological polar surface area (TPSA) is 0 Å². The molecule has 1 aromatic rings. The summed E-state index contributed by atoms with van der Waals surface area (Å²) >= 11 is 0. The van der Waals surface area contributed by atoms with E-state index < -0.39 is 11.6 Å². The van der Waals surface area contributed by atoms with E-state index in [1.807, 2.05) is 13.8 Å². The number of halogens is 2. The van der Waals surface area contributed by atoms with Crippen LogP contribution < -0.4 is 0 Å². The molecule has 1 rings (SSSR count). The molecule has 0 bridgehead atoms. The molecule has 0 aliphatic heterocycles. The fourth-order valence-corrected chi connectivity index (χ4v) is 1.10. The van der Waals surface area contributed by atoms with Gasteiger partial charge in [0.2, 0.25) is 0 Å². The van der Waals surface area contributed by atoms with E-state index in [9.17, 15) is 8.78 Å². The second kappa shape index (κ2) is 3.65. The summed E-state index contributed by atoms with van der Waals surface area (Å²) in [5.41, 5.74) is 0.731. The molecule has 66 valence electrons. The molecule has 0 heterocycles. The Labute approximate surface area is 71.2 Å². The van der Waals surface area contributed by atoms with E-state index in [2.05, 4.69) is 0 Å². The van der Waals surface area contributed by atoms with Crippen LogP contribution in [-0.4, -0.2) is 0 Å². The lowest BCUT2D eigenvalue weighted by molar-refractivity contribution is 0.573. The first-order chi connectivity index (χ1) is 5.63. The highest BCUT2D eigenvalue weighted by Gasteiger charge is 2.05. The summed E-state index contributed by atoms with van der Waals surface area (Å²) in [6.07, 6.45) is 0.892. The molecule has 0 saturated carbocycles. The summed E-state index contributed by atoms with van der Waals surface area (Å²) in [5.74, 6) is -0.772. The third kappa shape index (κ3) is 2.03. The van der Waals surface area contributed by atoms with Crippen LogP contribution in [0.3, 0.4) is 0 Å². The Morgan fingerprint density at radius 2 is 1.67 bits per heavy atom. The van der Waals surface area contributed by atoms with Crippen LogP contribution in [0, 0.1) is 11.6 Å². The Morgan fingerprint density at radius 3 is 2.08 bits per heavy atom. The maximum Gasteiger partial charge on any atom is 0.126 e. The van der Waals surface area contributed by atoms with Crippen molar-refractivity contribution in [1.82, 2.24) is 0 Å². The van der Waals surface area contributed by atoms with Gasteiger partial charge in [-0.2, -0.15) is 0 Å². The molecule has 0 aromatic heterocycles. The first-order valence-corrected chi connectivity index (χ1v) is 4.09. The molecule has 1 atom stereocenters. The maximum atomic E-state index is 12.7. The van der Waals surface area contributed by atoms with Crippen molar-refractivity contribution in [1.29, 1.82) is 0 Å². The van der Waals surface area contributed by atoms with Crippen LogP contribution in [0.15, 0.2) is 18.2 Å². The Hall–Kier alpha value is -0.920. The Kier molecular flexibility index (Phi) is 2.79. The molecule has 0 radical (unpaired) electrons. The van der Waals surface area contributed by atoms with Gasteiger partial charge in [0.15, 0.2) is 0 Å². The van der Waals surface area contributed by atoms with E-state index >= 15 is 0 Å². The molecule has 0 aliphatic rings. The zero-order valence-electron chi connectivity index (χ0n) is 7.27. The molecule has 2 heteroatoms. The number of hydrogen-bond acceptors (Lipinski definition) is 0. The van der Waals surface area contributed by atoms with Crippen LogP contribution in [0.5, 0.6) is 0 Å². The quantitative estimate of drug-likeness (QED) is 0.637. The van der Waals surface area contributed by atoms with Gasteiger partial charge in [-0.1, -0.05) is 13.8 Å². The van der Waals surface area contributed by atoms with Crippen molar-refractivity contribution in [3.05, 3.63) is 35.4 Å². The van der Waals surface area contributed by atoms with Crippen molar-refractivity contribution >= 4 is 0 Å². The Balaban J connectivity index is 3.00. The lowest BCUT2D eigenvalue weighted by atomic mass is 9.99. The molecule has 1 unspecified atom stereocenters. The van der Waals surface area contributed by atoms with E-state index in [1.165, 1.54) is 12.1 Å². The minimum atomic E-state index is -0.495. The number of rotatable bonds is 2. The van der Waals surface area contributed by atoms with E-state index in [4.69, 9.17) is 0 Å². The fourth-order valence-electron chi connectivity index (χ4n) is 1.10. The smallest absolute Gasteiger partial charge is 0.126 e. The predicted octanol–water partition coefficient (Wildman–Crippen LogP) is 3.48. The van der Waals surface area contributed by atoms with Crippen molar-refractivity contribution in [3.63, 3.8) is 0 Å². The molecular formula is C10H12F2. The van der Waals surface area contributed by atoms with Gasteiger partial charge in [-0.25, -0.2) is 8.78 Å². The average Bonchev–Trinajstić information content (AvgIpc) is 2.01. The average molecular weight is 170 g/mol. The molecule has 0 aliphatic carbocycles. The zero-order valence-corrected chi connectivity index (χ0v) is 7.27. The first kappa shape index (κ1) is 9.17. The Bertz CT molecular complexity index is 248. The summed E-state index contributed by atoms with van der Waals surface area (Å²) in [7, 11) is 0. The second-order valence-corrected chi connectivity index (χ2v) is 3.01. The zero-order chi connectivity index (χ0) is 9.14. The first-order valence-electron chi connectivity index (χ1n) is 4.09. The van der Waals surface area contributed by atoms with Gasteiger partial charge >= 0.3 is 0 Å². The van der Waals surface area contributed by atoms with Gasteiger partial charge in [0.1, 0.15) is 11.6 Å². The molecule has 0 nitrogen and oxygen atoms in total. The van der Waals surface area contributed by atoms with Gasteiger partial charge in [-0.3, -0.25) is 0 Å². The third-order valence-electron chi connectivity index (χ3n) is 2.07. The van der Waals surface area contributed by atoms with Crippen molar-refractivity contribution in [2.45, 2.75) is 26.2 Å². The molecule has 0 saturated heterocycles. The fraction of sp³-hybridized carbons (Fsp3) is 0.400. The Morgan fingerprint density at radius 1 is 1.17 bits per heavy atom. The second-order valence-electron chi connectivity index (χ2n) is 3.01. The van der Waals surface area contributed by atoms with Crippen molar-refractivity contribution in [2.75, 3.05) is 0 Å². The summed E-state index contributed by atoms with van der Waals surface area (Å²) < 4.78 is 25.4. The van der Waals surface area contributed by atoms with Gasteiger partial charge in [-0.05, 0) is 30.0 Å². The number of benzene rings is 1. The summed E-state index contributed by atoms with van der Waals surface area (Å²) in [6.45, 7) is 3.95. The molecular weight excluding hydrogens is 158 g/mol. The summed E-state index contributed by atoms with van der Waals surface area (Å²) in [6, 6.07) is 3.67. The molecule has 0 fully saturated rings. The molecule has 12 heavy (non-hydrogen) atoms. The standard InChI is InChI=1S/C10H12F2/c1-3-7(2)8-4-9(11)6-10(12)5-8/h4-7H,3H2,1-2H3. The van der Waals surface area contributed by atoms with E-state index in [-0.39, 0.29) is 5.92 Å². The van der Waals surface area contributed by atoms with Crippen LogP contribution >= 0.6 is 0 Å². The van der Waals surface area contributed by atoms with Crippen molar-refractivity contribution in [2.24, 2.45) is 0 Å². The number of hydrogen-bond donors (Lipinski definition) is 0.